The Morgan fingerprint density at radius 2 is 1.97 bits per heavy atom. The lowest BCUT2D eigenvalue weighted by Crippen LogP contribution is -2.16. The van der Waals surface area contributed by atoms with Gasteiger partial charge in [0.2, 0.25) is 0 Å². The summed E-state index contributed by atoms with van der Waals surface area (Å²) in [6.07, 6.45) is 3.10. The van der Waals surface area contributed by atoms with Gasteiger partial charge < -0.3 is 20.2 Å². The minimum Gasteiger partial charge on any atom is -0.487 e. The maximum Gasteiger partial charge on any atom is 0.141 e. The number of aromatic nitrogens is 2. The molecule has 0 spiro atoms. The van der Waals surface area contributed by atoms with Crippen LogP contribution in [0.2, 0.25) is 5.02 Å². The Labute approximate surface area is 226 Å². The fourth-order valence-electron chi connectivity index (χ4n) is 3.97. The van der Waals surface area contributed by atoms with E-state index < -0.39 is 16.8 Å². The second-order valence-corrected chi connectivity index (χ2v) is 10.6. The molecule has 1 unspecified atom stereocenters. The summed E-state index contributed by atoms with van der Waals surface area (Å²) in [5.41, 5.74) is 9.10. The molecule has 194 valence electrons. The van der Waals surface area contributed by atoms with Crippen LogP contribution in [0, 0.1) is 5.82 Å². The Morgan fingerprint density at radius 1 is 1.11 bits per heavy atom. The summed E-state index contributed by atoms with van der Waals surface area (Å²) < 4.78 is 36.7. The molecule has 38 heavy (non-hydrogen) atoms. The molecule has 0 radical (unpaired) electrons. The van der Waals surface area contributed by atoms with Gasteiger partial charge in [-0.2, -0.15) is 0 Å². The predicted octanol–water partition coefficient (Wildman–Crippen LogP) is 6.38. The largest absolute Gasteiger partial charge is 0.487 e. The first-order valence-electron chi connectivity index (χ1n) is 11.7. The standard InChI is InChI=1S/C28H24ClFN4O3S/c1-38(35)15-23(31)27-10-9-25(37-27)18-5-7-24-21(12-18)28(33-16-32-24)34-20-6-8-26(22(29)13-20)36-14-17-3-2-4-19(30)11-17/h2-13,16,23H,14-15,31H2,1H3,(H,32,33,34)/t23-,38?/m0/s1. The van der Waals surface area contributed by atoms with Gasteiger partial charge in [0, 0.05) is 39.4 Å². The predicted molar refractivity (Wildman–Crippen MR) is 149 cm³/mol. The van der Waals surface area contributed by atoms with E-state index in [4.69, 9.17) is 26.5 Å². The van der Waals surface area contributed by atoms with Crippen LogP contribution in [-0.4, -0.2) is 26.2 Å². The van der Waals surface area contributed by atoms with Gasteiger partial charge in [0.1, 0.15) is 41.8 Å². The molecule has 0 saturated carbocycles. The van der Waals surface area contributed by atoms with Gasteiger partial charge in [-0.15, -0.1) is 0 Å². The topological polar surface area (TPSA) is 103 Å². The van der Waals surface area contributed by atoms with Crippen LogP contribution < -0.4 is 15.8 Å². The summed E-state index contributed by atoms with van der Waals surface area (Å²) >= 11 is 6.46. The zero-order valence-electron chi connectivity index (χ0n) is 20.4. The van der Waals surface area contributed by atoms with Crippen LogP contribution in [0.25, 0.3) is 22.2 Å². The lowest BCUT2D eigenvalue weighted by molar-refractivity contribution is 0.306. The highest BCUT2D eigenvalue weighted by atomic mass is 35.5. The van der Waals surface area contributed by atoms with Crippen molar-refractivity contribution in [2.24, 2.45) is 5.73 Å². The Morgan fingerprint density at radius 3 is 2.76 bits per heavy atom. The zero-order chi connectivity index (χ0) is 26.6. The number of hydrogen-bond donors (Lipinski definition) is 2. The van der Waals surface area contributed by atoms with Crippen molar-refractivity contribution in [1.29, 1.82) is 0 Å². The van der Waals surface area contributed by atoms with E-state index >= 15 is 0 Å². The van der Waals surface area contributed by atoms with Crippen LogP contribution in [0.1, 0.15) is 17.4 Å². The fraction of sp³-hybridized carbons (Fsp3) is 0.143. The third kappa shape index (κ3) is 6.02. The molecule has 0 aliphatic rings. The van der Waals surface area contributed by atoms with Crippen LogP contribution in [-0.2, 0) is 17.4 Å². The summed E-state index contributed by atoms with van der Waals surface area (Å²) in [6.45, 7) is 0.194. The number of nitrogens with one attached hydrogen (secondary N) is 1. The van der Waals surface area contributed by atoms with E-state index in [0.717, 1.165) is 16.5 Å². The second kappa shape index (κ2) is 11.3. The normalized spacial score (nSPS) is 12.8. The van der Waals surface area contributed by atoms with Crippen LogP contribution in [0.4, 0.5) is 15.9 Å². The number of benzene rings is 3. The molecule has 2 atom stereocenters. The van der Waals surface area contributed by atoms with Gasteiger partial charge in [0.15, 0.2) is 0 Å². The van der Waals surface area contributed by atoms with Gasteiger partial charge in [-0.1, -0.05) is 23.7 Å². The summed E-state index contributed by atoms with van der Waals surface area (Å²) in [5, 5.41) is 4.48. The number of hydrogen-bond acceptors (Lipinski definition) is 7. The van der Waals surface area contributed by atoms with Crippen molar-refractivity contribution in [2.75, 3.05) is 17.3 Å². The molecule has 2 heterocycles. The smallest absolute Gasteiger partial charge is 0.141 e. The highest BCUT2D eigenvalue weighted by Crippen LogP contribution is 2.33. The van der Waals surface area contributed by atoms with E-state index in [1.165, 1.54) is 18.5 Å². The van der Waals surface area contributed by atoms with Gasteiger partial charge in [0.05, 0.1) is 16.6 Å². The number of furan rings is 1. The number of anilines is 2. The van der Waals surface area contributed by atoms with E-state index in [-0.39, 0.29) is 12.4 Å². The Bertz CT molecular complexity index is 1630. The maximum atomic E-state index is 13.4. The van der Waals surface area contributed by atoms with E-state index in [1.54, 1.807) is 36.6 Å². The van der Waals surface area contributed by atoms with Crippen molar-refractivity contribution in [1.82, 2.24) is 9.97 Å². The van der Waals surface area contributed by atoms with Crippen molar-refractivity contribution in [2.45, 2.75) is 12.6 Å². The van der Waals surface area contributed by atoms with Crippen LogP contribution in [0.3, 0.4) is 0 Å². The number of ether oxygens (including phenoxy) is 1. The molecule has 0 aliphatic carbocycles. The van der Waals surface area contributed by atoms with E-state index in [1.807, 2.05) is 30.3 Å². The molecule has 10 heteroatoms. The van der Waals surface area contributed by atoms with Crippen molar-refractivity contribution < 1.29 is 17.8 Å². The average molecular weight is 551 g/mol. The highest BCUT2D eigenvalue weighted by molar-refractivity contribution is 7.84. The number of halogens is 2. The highest BCUT2D eigenvalue weighted by Gasteiger charge is 2.15. The fourth-order valence-corrected chi connectivity index (χ4v) is 4.88. The Hall–Kier alpha value is -3.79. The van der Waals surface area contributed by atoms with Gasteiger partial charge in [-0.25, -0.2) is 14.4 Å². The molecular weight excluding hydrogens is 527 g/mol. The number of nitrogens with zero attached hydrogens (tertiary/aromatic N) is 2. The lowest BCUT2D eigenvalue weighted by Gasteiger charge is -2.12. The molecule has 3 N–H and O–H groups in total. The molecule has 0 fully saturated rings. The third-order valence-electron chi connectivity index (χ3n) is 5.80. The first-order chi connectivity index (χ1) is 18.4. The molecule has 3 aromatic carbocycles. The maximum absolute atomic E-state index is 13.4. The monoisotopic (exact) mass is 550 g/mol. The SMILES string of the molecule is CS(=O)C[C@H](N)c1ccc(-c2ccc3ncnc(Nc4ccc(OCc5cccc(F)c5)c(Cl)c4)c3c2)o1. The molecule has 0 aliphatic heterocycles. The summed E-state index contributed by atoms with van der Waals surface area (Å²) in [6, 6.07) is 20.5. The third-order valence-corrected chi connectivity index (χ3v) is 6.93. The van der Waals surface area contributed by atoms with Gasteiger partial charge >= 0.3 is 0 Å². The minimum atomic E-state index is -1.03. The lowest BCUT2D eigenvalue weighted by atomic mass is 10.1. The molecular formula is C28H24ClFN4O3S. The Balaban J connectivity index is 1.36. The van der Waals surface area contributed by atoms with E-state index in [0.29, 0.717) is 45.1 Å². The van der Waals surface area contributed by atoms with Crippen molar-refractivity contribution in [3.63, 3.8) is 0 Å². The zero-order valence-corrected chi connectivity index (χ0v) is 21.9. The molecule has 0 amide bonds. The van der Waals surface area contributed by atoms with Crippen molar-refractivity contribution in [3.05, 3.63) is 101 Å². The molecule has 0 saturated heterocycles. The number of rotatable bonds is 9. The van der Waals surface area contributed by atoms with E-state index in [2.05, 4.69) is 15.3 Å². The van der Waals surface area contributed by atoms with Gasteiger partial charge in [-0.05, 0) is 66.2 Å². The van der Waals surface area contributed by atoms with E-state index in [9.17, 15) is 8.60 Å². The van der Waals surface area contributed by atoms with Crippen LogP contribution in [0.15, 0.2) is 83.5 Å². The van der Waals surface area contributed by atoms with Crippen molar-refractivity contribution in [3.8, 4) is 17.1 Å². The molecule has 5 rings (SSSR count). The molecule has 5 aromatic rings. The Kier molecular flexibility index (Phi) is 7.69. The number of fused-ring (bicyclic) bond motifs is 1. The quantitative estimate of drug-likeness (QED) is 0.219. The van der Waals surface area contributed by atoms with Crippen molar-refractivity contribution >= 4 is 44.8 Å². The molecule has 2 aromatic heterocycles. The summed E-state index contributed by atoms with van der Waals surface area (Å²) in [4.78, 5) is 8.79. The first-order valence-corrected chi connectivity index (χ1v) is 13.8. The average Bonchev–Trinajstić information content (AvgIpc) is 3.39. The molecule has 7 nitrogen and oxygen atoms in total. The minimum absolute atomic E-state index is 0.194. The van der Waals surface area contributed by atoms with Crippen LogP contribution >= 0.6 is 11.6 Å². The van der Waals surface area contributed by atoms with Gasteiger partial charge in [-0.3, -0.25) is 4.21 Å². The number of nitrogens with two attached hydrogens (primary N) is 1. The van der Waals surface area contributed by atoms with Crippen LogP contribution in [0.5, 0.6) is 5.75 Å². The summed E-state index contributed by atoms with van der Waals surface area (Å²) in [7, 11) is -1.03. The van der Waals surface area contributed by atoms with Gasteiger partial charge in [0.25, 0.3) is 0 Å². The first kappa shape index (κ1) is 25.8. The molecule has 0 bridgehead atoms. The summed E-state index contributed by atoms with van der Waals surface area (Å²) in [5.74, 6) is 2.29. The second-order valence-electron chi connectivity index (χ2n) is 8.69.